The standard InChI is InChI=1S/C20H13IN2O7S/c21-14-7-10(4-5-15(14)30-9-16(24)25)6-13-17(26)22-20(31)23(18(13)27)12-3-1-2-11(8-12)19(28)29/h1-8H,9H2,(H,24,25)(H,28,29)(H,22,26,31). The fourth-order valence-corrected chi connectivity index (χ4v) is 3.68. The number of benzene rings is 2. The number of amides is 2. The summed E-state index contributed by atoms with van der Waals surface area (Å²) >= 11 is 7.05. The van der Waals surface area contributed by atoms with Gasteiger partial charge in [-0.3, -0.25) is 19.8 Å². The Kier molecular flexibility index (Phi) is 6.65. The van der Waals surface area contributed by atoms with Crippen LogP contribution in [0.1, 0.15) is 15.9 Å². The quantitative estimate of drug-likeness (QED) is 0.215. The van der Waals surface area contributed by atoms with Crippen LogP contribution in [0, 0.1) is 3.57 Å². The first-order chi connectivity index (χ1) is 14.7. The predicted octanol–water partition coefficient (Wildman–Crippen LogP) is 2.28. The Morgan fingerprint density at radius 2 is 1.90 bits per heavy atom. The fourth-order valence-electron chi connectivity index (χ4n) is 2.70. The molecule has 0 radical (unpaired) electrons. The molecule has 2 amide bonds. The van der Waals surface area contributed by atoms with Gasteiger partial charge in [-0.15, -0.1) is 0 Å². The molecule has 1 saturated heterocycles. The summed E-state index contributed by atoms with van der Waals surface area (Å²) in [7, 11) is 0. The minimum Gasteiger partial charge on any atom is -0.481 e. The zero-order valence-corrected chi connectivity index (χ0v) is 18.5. The summed E-state index contributed by atoms with van der Waals surface area (Å²) in [6, 6.07) is 10.3. The minimum atomic E-state index is -1.17. The van der Waals surface area contributed by atoms with Crippen molar-refractivity contribution in [2.45, 2.75) is 0 Å². The van der Waals surface area contributed by atoms with Gasteiger partial charge in [0.2, 0.25) is 0 Å². The predicted molar refractivity (Wildman–Crippen MR) is 122 cm³/mol. The second kappa shape index (κ2) is 9.22. The van der Waals surface area contributed by atoms with Crippen molar-refractivity contribution in [3.8, 4) is 5.75 Å². The average Bonchev–Trinajstić information content (AvgIpc) is 2.70. The molecule has 1 aliphatic rings. The van der Waals surface area contributed by atoms with E-state index in [2.05, 4.69) is 5.32 Å². The Morgan fingerprint density at radius 1 is 1.16 bits per heavy atom. The average molecular weight is 552 g/mol. The maximum absolute atomic E-state index is 13.0. The number of aromatic carboxylic acids is 1. The van der Waals surface area contributed by atoms with Crippen molar-refractivity contribution in [1.29, 1.82) is 0 Å². The van der Waals surface area contributed by atoms with Crippen LogP contribution in [0.5, 0.6) is 5.75 Å². The van der Waals surface area contributed by atoms with E-state index in [1.54, 1.807) is 12.1 Å². The number of carbonyl (C=O) groups is 4. The van der Waals surface area contributed by atoms with Crippen molar-refractivity contribution < 1.29 is 34.1 Å². The van der Waals surface area contributed by atoms with Gasteiger partial charge in [0.05, 0.1) is 14.8 Å². The van der Waals surface area contributed by atoms with Crippen LogP contribution in [0.15, 0.2) is 48.0 Å². The van der Waals surface area contributed by atoms with E-state index in [-0.39, 0.29) is 21.9 Å². The highest BCUT2D eigenvalue weighted by Gasteiger charge is 2.34. The Balaban J connectivity index is 1.94. The summed E-state index contributed by atoms with van der Waals surface area (Å²) < 4.78 is 5.74. The van der Waals surface area contributed by atoms with Gasteiger partial charge in [-0.1, -0.05) is 12.1 Å². The van der Waals surface area contributed by atoms with Gasteiger partial charge in [-0.2, -0.15) is 0 Å². The number of halogens is 1. The molecule has 0 spiro atoms. The molecule has 1 aliphatic heterocycles. The van der Waals surface area contributed by atoms with Crippen LogP contribution in [0.4, 0.5) is 5.69 Å². The second-order valence-electron chi connectivity index (χ2n) is 6.19. The first kappa shape index (κ1) is 22.4. The maximum atomic E-state index is 13.0. The van der Waals surface area contributed by atoms with Crippen molar-refractivity contribution in [3.63, 3.8) is 0 Å². The number of carboxylic acids is 2. The van der Waals surface area contributed by atoms with Crippen molar-refractivity contribution in [2.24, 2.45) is 0 Å². The third kappa shape index (κ3) is 5.06. The minimum absolute atomic E-state index is 0.0398. The molecule has 1 fully saturated rings. The Bertz CT molecular complexity index is 1160. The molecule has 2 aromatic carbocycles. The van der Waals surface area contributed by atoms with Crippen LogP contribution in [-0.2, 0) is 14.4 Å². The zero-order chi connectivity index (χ0) is 22.7. The Labute approximate surface area is 194 Å². The number of hydrogen-bond acceptors (Lipinski definition) is 6. The smallest absolute Gasteiger partial charge is 0.341 e. The molecule has 3 N–H and O–H groups in total. The van der Waals surface area contributed by atoms with E-state index >= 15 is 0 Å². The van der Waals surface area contributed by atoms with Gasteiger partial charge in [-0.05, 0) is 76.8 Å². The van der Waals surface area contributed by atoms with Crippen LogP contribution in [0.3, 0.4) is 0 Å². The molecule has 0 saturated carbocycles. The summed E-state index contributed by atoms with van der Waals surface area (Å²) in [5, 5.41) is 20.2. The monoisotopic (exact) mass is 552 g/mol. The number of rotatable bonds is 6. The summed E-state index contributed by atoms with van der Waals surface area (Å²) in [6.07, 6.45) is 1.36. The van der Waals surface area contributed by atoms with E-state index < -0.39 is 30.4 Å². The molecule has 0 bridgehead atoms. The van der Waals surface area contributed by atoms with Gasteiger partial charge in [0.15, 0.2) is 11.7 Å². The van der Waals surface area contributed by atoms with Crippen LogP contribution in [-0.4, -0.2) is 45.7 Å². The molecule has 1 heterocycles. The van der Waals surface area contributed by atoms with Gasteiger partial charge < -0.3 is 14.9 Å². The number of aliphatic carboxylic acids is 1. The van der Waals surface area contributed by atoms with Crippen LogP contribution >= 0.6 is 34.8 Å². The van der Waals surface area contributed by atoms with Crippen molar-refractivity contribution in [2.75, 3.05) is 11.5 Å². The number of nitrogens with zero attached hydrogens (tertiary/aromatic N) is 1. The molecule has 2 aromatic rings. The number of carboxylic acid groups (broad SMARTS) is 2. The molecule has 158 valence electrons. The van der Waals surface area contributed by atoms with E-state index in [1.165, 1.54) is 36.4 Å². The molecule has 31 heavy (non-hydrogen) atoms. The van der Waals surface area contributed by atoms with Gasteiger partial charge >= 0.3 is 11.9 Å². The number of ether oxygens (including phenoxy) is 1. The van der Waals surface area contributed by atoms with Crippen molar-refractivity contribution in [1.82, 2.24) is 5.32 Å². The number of hydrogen-bond donors (Lipinski definition) is 3. The maximum Gasteiger partial charge on any atom is 0.341 e. The molecule has 0 unspecified atom stereocenters. The molecule has 9 nitrogen and oxygen atoms in total. The topological polar surface area (TPSA) is 133 Å². The van der Waals surface area contributed by atoms with E-state index in [1.807, 2.05) is 22.6 Å². The first-order valence-corrected chi connectivity index (χ1v) is 10.0. The van der Waals surface area contributed by atoms with Crippen LogP contribution in [0.2, 0.25) is 0 Å². The fraction of sp³-hybridized carbons (Fsp3) is 0.0500. The first-order valence-electron chi connectivity index (χ1n) is 8.56. The van der Waals surface area contributed by atoms with Gasteiger partial charge in [0, 0.05) is 0 Å². The van der Waals surface area contributed by atoms with Crippen molar-refractivity contribution >= 4 is 75.4 Å². The molecule has 0 atom stereocenters. The van der Waals surface area contributed by atoms with Crippen molar-refractivity contribution in [3.05, 3.63) is 62.7 Å². The largest absolute Gasteiger partial charge is 0.481 e. The lowest BCUT2D eigenvalue weighted by atomic mass is 10.1. The van der Waals surface area contributed by atoms with E-state index in [0.29, 0.717) is 14.9 Å². The van der Waals surface area contributed by atoms with E-state index in [0.717, 1.165) is 4.90 Å². The SMILES string of the molecule is O=C(O)COc1ccc(C=C2C(=O)NC(=S)N(c3cccc(C(=O)O)c3)C2=O)cc1I. The number of nitrogens with one attached hydrogen (secondary N) is 1. The lowest BCUT2D eigenvalue weighted by Crippen LogP contribution is -2.54. The normalized spacial score (nSPS) is 15.1. The highest BCUT2D eigenvalue weighted by Crippen LogP contribution is 2.26. The molecule has 11 heteroatoms. The summed E-state index contributed by atoms with van der Waals surface area (Å²) in [5.74, 6) is -3.34. The van der Waals surface area contributed by atoms with Crippen LogP contribution in [0.25, 0.3) is 6.08 Å². The summed E-state index contributed by atoms with van der Waals surface area (Å²) in [4.78, 5) is 48.4. The number of thiocarbonyl (C=S) groups is 1. The van der Waals surface area contributed by atoms with Gasteiger partial charge in [0.1, 0.15) is 11.3 Å². The van der Waals surface area contributed by atoms with E-state index in [4.69, 9.17) is 22.1 Å². The third-order valence-corrected chi connectivity index (χ3v) is 5.20. The summed E-state index contributed by atoms with van der Waals surface area (Å²) in [5.41, 5.74) is 0.455. The zero-order valence-electron chi connectivity index (χ0n) is 15.5. The van der Waals surface area contributed by atoms with E-state index in [9.17, 15) is 24.3 Å². The molecule has 0 aromatic heterocycles. The lowest BCUT2D eigenvalue weighted by molar-refractivity contribution is -0.139. The van der Waals surface area contributed by atoms with Gasteiger partial charge in [-0.25, -0.2) is 9.59 Å². The number of carbonyl (C=O) groups excluding carboxylic acids is 2. The highest BCUT2D eigenvalue weighted by atomic mass is 127. The third-order valence-electron chi connectivity index (χ3n) is 4.07. The number of anilines is 1. The molecular weight excluding hydrogens is 539 g/mol. The van der Waals surface area contributed by atoms with Crippen LogP contribution < -0.4 is 15.0 Å². The highest BCUT2D eigenvalue weighted by molar-refractivity contribution is 14.1. The van der Waals surface area contributed by atoms with Gasteiger partial charge in [0.25, 0.3) is 11.8 Å². The second-order valence-corrected chi connectivity index (χ2v) is 7.73. The molecule has 3 rings (SSSR count). The molecular formula is C20H13IN2O7S. The Hall–Kier alpha value is -3.32. The Morgan fingerprint density at radius 3 is 2.55 bits per heavy atom. The lowest BCUT2D eigenvalue weighted by Gasteiger charge is -2.29. The molecule has 0 aliphatic carbocycles. The summed E-state index contributed by atoms with van der Waals surface area (Å²) in [6.45, 7) is -0.501.